The van der Waals surface area contributed by atoms with E-state index in [0.717, 1.165) is 17.8 Å². The first-order chi connectivity index (χ1) is 9.46. The fourth-order valence-corrected chi connectivity index (χ4v) is 4.01. The first kappa shape index (κ1) is 15.2. The predicted molar refractivity (Wildman–Crippen MR) is 79.0 cm³/mol. The Morgan fingerprint density at radius 3 is 2.50 bits per heavy atom. The molecule has 0 aliphatic carbocycles. The summed E-state index contributed by atoms with van der Waals surface area (Å²) in [6.45, 7) is 2.05. The number of nitrogens with one attached hydrogen (secondary N) is 2. The number of aliphatic hydroxyl groups excluding tert-OH is 1. The number of hydrogen-bond donors (Lipinski definition) is 4. The zero-order valence-electron chi connectivity index (χ0n) is 11.2. The number of benzene rings is 1. The highest BCUT2D eigenvalue weighted by atomic mass is 32.2. The Balaban J connectivity index is 1.64. The van der Waals surface area contributed by atoms with Gasteiger partial charge < -0.3 is 21.5 Å². The maximum atomic E-state index is 11.3. The van der Waals surface area contributed by atoms with Crippen LogP contribution in [0.3, 0.4) is 0 Å². The molecule has 0 aromatic heterocycles. The van der Waals surface area contributed by atoms with Gasteiger partial charge in [-0.15, -0.1) is 0 Å². The molecule has 1 heterocycles. The van der Waals surface area contributed by atoms with Gasteiger partial charge in [0.2, 0.25) is 0 Å². The highest BCUT2D eigenvalue weighted by molar-refractivity contribution is 7.91. The lowest BCUT2D eigenvalue weighted by Crippen LogP contribution is -2.42. The minimum absolute atomic E-state index is 0.0200. The fraction of sp³-hybridized carbons (Fsp3) is 0.538. The van der Waals surface area contributed by atoms with Crippen LogP contribution < -0.4 is 16.4 Å². The molecule has 1 aromatic rings. The van der Waals surface area contributed by atoms with E-state index >= 15 is 0 Å². The van der Waals surface area contributed by atoms with Crippen molar-refractivity contribution in [1.82, 2.24) is 10.6 Å². The normalized spacial score (nSPS) is 24.9. The molecular formula is C13H21N3O3S. The smallest absolute Gasteiger partial charge is 0.154 e. The molecule has 2 rings (SSSR count). The minimum atomic E-state index is -3.08. The highest BCUT2D eigenvalue weighted by Gasteiger charge is 2.35. The Bertz CT molecular complexity index is 530. The number of sulfone groups is 1. The lowest BCUT2D eigenvalue weighted by molar-refractivity contribution is 0.166. The minimum Gasteiger partial charge on any atom is -0.399 e. The van der Waals surface area contributed by atoms with Gasteiger partial charge >= 0.3 is 0 Å². The van der Waals surface area contributed by atoms with Gasteiger partial charge in [-0.2, -0.15) is 0 Å². The van der Waals surface area contributed by atoms with Crippen molar-refractivity contribution >= 4 is 15.5 Å². The number of nitrogen functional groups attached to an aromatic ring is 1. The Hall–Kier alpha value is -1.15. The topological polar surface area (TPSA) is 104 Å². The average Bonchev–Trinajstić information content (AvgIpc) is 2.64. The lowest BCUT2D eigenvalue weighted by Gasteiger charge is -2.15. The van der Waals surface area contributed by atoms with E-state index in [2.05, 4.69) is 10.6 Å². The molecule has 0 spiro atoms. The molecule has 0 unspecified atom stereocenters. The number of anilines is 1. The summed E-state index contributed by atoms with van der Waals surface area (Å²) < 4.78 is 22.7. The molecule has 0 saturated carbocycles. The summed E-state index contributed by atoms with van der Waals surface area (Å²) in [7, 11) is -3.08. The SMILES string of the molecule is Nc1ccc(CNCCN[C@@H]2CS(=O)(=O)C[C@@H]2O)cc1. The van der Waals surface area contributed by atoms with Crippen LogP contribution >= 0.6 is 0 Å². The van der Waals surface area contributed by atoms with E-state index in [1.165, 1.54) is 0 Å². The maximum Gasteiger partial charge on any atom is 0.154 e. The van der Waals surface area contributed by atoms with Crippen molar-refractivity contribution in [2.45, 2.75) is 18.7 Å². The molecule has 7 heteroatoms. The van der Waals surface area contributed by atoms with E-state index in [1.54, 1.807) is 0 Å². The van der Waals surface area contributed by atoms with Gasteiger partial charge in [-0.1, -0.05) is 12.1 Å². The average molecular weight is 299 g/mol. The third-order valence-corrected chi connectivity index (χ3v) is 5.06. The summed E-state index contributed by atoms with van der Waals surface area (Å²) in [5.41, 5.74) is 7.49. The summed E-state index contributed by atoms with van der Waals surface area (Å²) in [6, 6.07) is 7.29. The molecular weight excluding hydrogens is 278 g/mol. The third kappa shape index (κ3) is 4.45. The predicted octanol–water partition coefficient (Wildman–Crippen LogP) is -0.894. The largest absolute Gasteiger partial charge is 0.399 e. The number of rotatable bonds is 6. The molecule has 1 aromatic carbocycles. The van der Waals surface area contributed by atoms with Gasteiger partial charge in [0.25, 0.3) is 0 Å². The first-order valence-electron chi connectivity index (χ1n) is 6.63. The van der Waals surface area contributed by atoms with E-state index in [-0.39, 0.29) is 17.5 Å². The van der Waals surface area contributed by atoms with Gasteiger partial charge in [0.15, 0.2) is 9.84 Å². The number of nitrogens with two attached hydrogens (primary N) is 1. The van der Waals surface area contributed by atoms with Crippen molar-refractivity contribution in [3.8, 4) is 0 Å². The lowest BCUT2D eigenvalue weighted by atomic mass is 10.2. The van der Waals surface area contributed by atoms with Crippen molar-refractivity contribution in [2.75, 3.05) is 30.3 Å². The van der Waals surface area contributed by atoms with Crippen LogP contribution in [-0.2, 0) is 16.4 Å². The van der Waals surface area contributed by atoms with E-state index in [9.17, 15) is 13.5 Å². The standard InChI is InChI=1S/C13H21N3O3S/c14-11-3-1-10(2-4-11)7-15-5-6-16-12-8-20(18,19)9-13(12)17/h1-4,12-13,15-17H,5-9,14H2/t12-,13+/m1/s1. The quantitative estimate of drug-likeness (QED) is 0.401. The van der Waals surface area contributed by atoms with E-state index in [1.807, 2.05) is 24.3 Å². The van der Waals surface area contributed by atoms with Crippen LogP contribution in [-0.4, -0.2) is 50.3 Å². The summed E-state index contributed by atoms with van der Waals surface area (Å²) >= 11 is 0. The fourth-order valence-electron chi connectivity index (χ4n) is 2.24. The molecule has 0 bridgehead atoms. The molecule has 0 amide bonds. The first-order valence-corrected chi connectivity index (χ1v) is 8.45. The van der Waals surface area contributed by atoms with Crippen molar-refractivity contribution in [2.24, 2.45) is 0 Å². The van der Waals surface area contributed by atoms with Crippen LogP contribution in [0, 0.1) is 0 Å². The molecule has 1 saturated heterocycles. The molecule has 1 aliphatic heterocycles. The van der Waals surface area contributed by atoms with E-state index in [4.69, 9.17) is 5.73 Å². The van der Waals surface area contributed by atoms with Crippen molar-refractivity contribution in [3.05, 3.63) is 29.8 Å². The van der Waals surface area contributed by atoms with Gasteiger partial charge in [0, 0.05) is 31.4 Å². The van der Waals surface area contributed by atoms with Crippen molar-refractivity contribution in [3.63, 3.8) is 0 Å². The second-order valence-corrected chi connectivity index (χ2v) is 7.28. The molecule has 1 aliphatic rings. The van der Waals surface area contributed by atoms with Gasteiger partial charge in [-0.3, -0.25) is 0 Å². The van der Waals surface area contributed by atoms with E-state index in [0.29, 0.717) is 13.1 Å². The monoisotopic (exact) mass is 299 g/mol. The van der Waals surface area contributed by atoms with Crippen molar-refractivity contribution < 1.29 is 13.5 Å². The zero-order valence-corrected chi connectivity index (χ0v) is 12.1. The number of aliphatic hydroxyl groups is 1. The second kappa shape index (κ2) is 6.53. The maximum absolute atomic E-state index is 11.3. The van der Waals surface area contributed by atoms with Crippen LogP contribution in [0.4, 0.5) is 5.69 Å². The molecule has 5 N–H and O–H groups in total. The molecule has 0 radical (unpaired) electrons. The van der Waals surface area contributed by atoms with Crippen LogP contribution in [0.25, 0.3) is 0 Å². The Labute approximate surface area is 119 Å². The van der Waals surface area contributed by atoms with Gasteiger partial charge in [-0.25, -0.2) is 8.42 Å². The zero-order chi connectivity index (χ0) is 14.6. The summed E-state index contributed by atoms with van der Waals surface area (Å²) in [5, 5.41) is 15.9. The number of hydrogen-bond acceptors (Lipinski definition) is 6. The molecule has 2 atom stereocenters. The van der Waals surface area contributed by atoms with Gasteiger partial charge in [0.05, 0.1) is 17.6 Å². The van der Waals surface area contributed by atoms with Crippen LogP contribution in [0.15, 0.2) is 24.3 Å². The summed E-state index contributed by atoms with van der Waals surface area (Å²) in [6.07, 6.45) is -0.794. The molecule has 112 valence electrons. The summed E-state index contributed by atoms with van der Waals surface area (Å²) in [4.78, 5) is 0. The Kier molecular flexibility index (Phi) is 4.98. The Morgan fingerprint density at radius 2 is 1.90 bits per heavy atom. The van der Waals surface area contributed by atoms with E-state index < -0.39 is 15.9 Å². The molecule has 1 fully saturated rings. The second-order valence-electron chi connectivity index (χ2n) is 5.12. The Morgan fingerprint density at radius 1 is 1.20 bits per heavy atom. The van der Waals surface area contributed by atoms with Crippen LogP contribution in [0.5, 0.6) is 0 Å². The third-order valence-electron chi connectivity index (χ3n) is 3.34. The van der Waals surface area contributed by atoms with Gasteiger partial charge in [0.1, 0.15) is 0 Å². The van der Waals surface area contributed by atoms with Gasteiger partial charge in [-0.05, 0) is 17.7 Å². The highest BCUT2D eigenvalue weighted by Crippen LogP contribution is 2.11. The van der Waals surface area contributed by atoms with Crippen LogP contribution in [0.1, 0.15) is 5.56 Å². The van der Waals surface area contributed by atoms with Crippen LogP contribution in [0.2, 0.25) is 0 Å². The molecule has 6 nitrogen and oxygen atoms in total. The molecule has 20 heavy (non-hydrogen) atoms. The van der Waals surface area contributed by atoms with Crippen molar-refractivity contribution in [1.29, 1.82) is 0 Å². The summed E-state index contributed by atoms with van der Waals surface area (Å²) in [5.74, 6) is -0.115.